The van der Waals surface area contributed by atoms with Gasteiger partial charge in [-0.2, -0.15) is 10.2 Å². The van der Waals surface area contributed by atoms with Gasteiger partial charge in [0.2, 0.25) is 0 Å². The number of pyridine rings is 1. The van der Waals surface area contributed by atoms with Gasteiger partial charge in [0.25, 0.3) is 5.91 Å². The van der Waals surface area contributed by atoms with E-state index in [-0.39, 0.29) is 11.7 Å². The fourth-order valence-corrected chi connectivity index (χ4v) is 3.87. The first-order valence-electron chi connectivity index (χ1n) is 9.86. The summed E-state index contributed by atoms with van der Waals surface area (Å²) in [6.45, 7) is 2.70. The Morgan fingerprint density at radius 2 is 1.73 bits per heavy atom. The summed E-state index contributed by atoms with van der Waals surface area (Å²) in [5.41, 5.74) is 4.46. The fourth-order valence-electron chi connectivity index (χ4n) is 3.87. The third kappa shape index (κ3) is 3.30. The molecule has 8 heteroatoms. The molecule has 1 aliphatic heterocycles. The summed E-state index contributed by atoms with van der Waals surface area (Å²) in [5, 5.41) is 8.68. The van der Waals surface area contributed by atoms with E-state index in [0.29, 0.717) is 18.8 Å². The Balaban J connectivity index is 1.36. The minimum Gasteiger partial charge on any atom is -0.365 e. The number of benzene rings is 1. The molecule has 1 aliphatic rings. The van der Waals surface area contributed by atoms with Gasteiger partial charge in [-0.1, -0.05) is 12.1 Å². The second-order valence-electron chi connectivity index (χ2n) is 7.44. The van der Waals surface area contributed by atoms with Crippen molar-refractivity contribution in [2.24, 2.45) is 7.05 Å². The summed E-state index contributed by atoms with van der Waals surface area (Å²) in [7, 11) is 1.81. The number of hydrogen-bond acceptors (Lipinski definition) is 4. The van der Waals surface area contributed by atoms with Crippen LogP contribution in [0.5, 0.6) is 0 Å². The Morgan fingerprint density at radius 3 is 2.43 bits per heavy atom. The molecular weight excluding hydrogens is 383 g/mol. The van der Waals surface area contributed by atoms with E-state index in [2.05, 4.69) is 21.2 Å². The van der Waals surface area contributed by atoms with Crippen LogP contribution in [-0.2, 0) is 7.05 Å². The molecule has 4 aromatic rings. The number of carbonyl (C=O) groups excluding carboxylic acids is 1. The van der Waals surface area contributed by atoms with Crippen molar-refractivity contribution in [1.82, 2.24) is 24.3 Å². The summed E-state index contributed by atoms with van der Waals surface area (Å²) < 4.78 is 16.7. The van der Waals surface area contributed by atoms with Crippen LogP contribution in [0.4, 0.5) is 10.1 Å². The highest BCUT2D eigenvalue weighted by atomic mass is 19.1. The van der Waals surface area contributed by atoms with E-state index in [4.69, 9.17) is 0 Å². The number of anilines is 1. The predicted octanol–water partition coefficient (Wildman–Crippen LogP) is 2.84. The Morgan fingerprint density at radius 1 is 0.967 bits per heavy atom. The first-order chi connectivity index (χ1) is 14.6. The first-order valence-corrected chi connectivity index (χ1v) is 9.86. The van der Waals surface area contributed by atoms with Crippen LogP contribution in [0.25, 0.3) is 16.6 Å². The van der Waals surface area contributed by atoms with Crippen molar-refractivity contribution in [2.75, 3.05) is 31.1 Å². The van der Waals surface area contributed by atoms with Crippen molar-refractivity contribution in [2.45, 2.75) is 0 Å². The number of piperazine rings is 1. The lowest BCUT2D eigenvalue weighted by molar-refractivity contribution is 0.0740. The maximum Gasteiger partial charge on any atom is 0.274 e. The number of carbonyl (C=O) groups is 1. The summed E-state index contributed by atoms with van der Waals surface area (Å²) in [4.78, 5) is 16.7. The van der Waals surface area contributed by atoms with Crippen LogP contribution in [0.15, 0.2) is 61.1 Å². The highest BCUT2D eigenvalue weighted by molar-refractivity contribution is 5.92. The SMILES string of the molecule is Cn1ccc(C(=O)N2CCN(c3cnn4ccc(-c5ccc(F)cc5)cc34)CC2)n1. The molecule has 7 nitrogen and oxygen atoms in total. The number of nitrogens with zero attached hydrogens (tertiary/aromatic N) is 6. The third-order valence-electron chi connectivity index (χ3n) is 5.52. The lowest BCUT2D eigenvalue weighted by Gasteiger charge is -2.35. The Labute approximate surface area is 172 Å². The van der Waals surface area contributed by atoms with Gasteiger partial charge in [-0.15, -0.1) is 0 Å². The predicted molar refractivity (Wildman–Crippen MR) is 112 cm³/mol. The summed E-state index contributed by atoms with van der Waals surface area (Å²) >= 11 is 0. The van der Waals surface area contributed by atoms with Crippen LogP contribution >= 0.6 is 0 Å². The molecule has 4 heterocycles. The topological polar surface area (TPSA) is 58.7 Å². The molecule has 1 saturated heterocycles. The van der Waals surface area contributed by atoms with Gasteiger partial charge in [-0.3, -0.25) is 9.48 Å². The zero-order valence-electron chi connectivity index (χ0n) is 16.6. The molecule has 3 aromatic heterocycles. The van der Waals surface area contributed by atoms with Crippen molar-refractivity contribution in [3.63, 3.8) is 0 Å². The second-order valence-corrected chi connectivity index (χ2v) is 7.44. The molecule has 0 bridgehead atoms. The largest absolute Gasteiger partial charge is 0.365 e. The van der Waals surface area contributed by atoms with E-state index in [1.165, 1.54) is 12.1 Å². The number of aryl methyl sites for hydroxylation is 1. The van der Waals surface area contributed by atoms with Gasteiger partial charge < -0.3 is 9.80 Å². The van der Waals surface area contributed by atoms with Gasteiger partial charge in [0.05, 0.1) is 17.4 Å². The Bertz CT molecular complexity index is 1200. The zero-order chi connectivity index (χ0) is 20.7. The van der Waals surface area contributed by atoms with Crippen molar-refractivity contribution in [1.29, 1.82) is 0 Å². The van der Waals surface area contributed by atoms with Gasteiger partial charge in [0.1, 0.15) is 11.5 Å². The molecule has 30 heavy (non-hydrogen) atoms. The highest BCUT2D eigenvalue weighted by Gasteiger charge is 2.25. The molecule has 0 radical (unpaired) electrons. The van der Waals surface area contributed by atoms with Crippen molar-refractivity contribution < 1.29 is 9.18 Å². The number of halogens is 1. The molecule has 1 amide bonds. The molecule has 0 atom stereocenters. The van der Waals surface area contributed by atoms with Crippen molar-refractivity contribution >= 4 is 17.1 Å². The smallest absolute Gasteiger partial charge is 0.274 e. The number of hydrogen-bond donors (Lipinski definition) is 0. The average Bonchev–Trinajstić information content (AvgIpc) is 3.40. The van der Waals surface area contributed by atoms with E-state index in [0.717, 1.165) is 35.4 Å². The van der Waals surface area contributed by atoms with E-state index in [1.54, 1.807) is 36.1 Å². The molecule has 0 spiro atoms. The van der Waals surface area contributed by atoms with Gasteiger partial charge >= 0.3 is 0 Å². The molecule has 0 unspecified atom stereocenters. The average molecular weight is 404 g/mol. The molecular formula is C22H21FN6O. The van der Waals surface area contributed by atoms with Crippen LogP contribution < -0.4 is 4.90 Å². The standard InChI is InChI=1S/C22H21FN6O/c1-26-8-7-19(25-26)22(30)28-12-10-27(11-13-28)21-15-24-29-9-6-17(14-20(21)29)16-2-4-18(23)5-3-16/h2-9,14-15H,10-13H2,1H3. The van der Waals surface area contributed by atoms with E-state index in [1.807, 2.05) is 27.9 Å². The maximum atomic E-state index is 13.3. The minimum atomic E-state index is -0.247. The van der Waals surface area contributed by atoms with Crippen LogP contribution in [-0.4, -0.2) is 56.4 Å². The zero-order valence-corrected chi connectivity index (χ0v) is 16.6. The van der Waals surface area contributed by atoms with Gasteiger partial charge in [-0.05, 0) is 41.5 Å². The number of aromatic nitrogens is 4. The van der Waals surface area contributed by atoms with Crippen LogP contribution in [0.1, 0.15) is 10.5 Å². The first kappa shape index (κ1) is 18.4. The summed E-state index contributed by atoms with van der Waals surface area (Å²) in [6, 6.07) is 12.3. The molecule has 152 valence electrons. The Kier molecular flexibility index (Phi) is 4.46. The number of rotatable bonds is 3. The Hall–Kier alpha value is -3.68. The second kappa shape index (κ2) is 7.29. The van der Waals surface area contributed by atoms with Crippen LogP contribution in [0.2, 0.25) is 0 Å². The monoisotopic (exact) mass is 404 g/mol. The molecule has 0 saturated carbocycles. The minimum absolute atomic E-state index is 0.0336. The quantitative estimate of drug-likeness (QED) is 0.527. The third-order valence-corrected chi connectivity index (χ3v) is 5.52. The van der Waals surface area contributed by atoms with Gasteiger partial charge in [-0.25, -0.2) is 8.91 Å². The molecule has 1 fully saturated rings. The van der Waals surface area contributed by atoms with Crippen molar-refractivity contribution in [3.8, 4) is 11.1 Å². The van der Waals surface area contributed by atoms with Gasteiger partial charge in [0, 0.05) is 45.6 Å². The normalized spacial score (nSPS) is 14.5. The number of fused-ring (bicyclic) bond motifs is 1. The molecule has 0 N–H and O–H groups in total. The lowest BCUT2D eigenvalue weighted by Crippen LogP contribution is -2.48. The fraction of sp³-hybridized carbons (Fsp3) is 0.227. The van der Waals surface area contributed by atoms with E-state index in [9.17, 15) is 9.18 Å². The summed E-state index contributed by atoms with van der Waals surface area (Å²) in [6.07, 6.45) is 5.56. The molecule has 5 rings (SSSR count). The summed E-state index contributed by atoms with van der Waals surface area (Å²) in [5.74, 6) is -0.281. The molecule has 1 aromatic carbocycles. The number of amides is 1. The lowest BCUT2D eigenvalue weighted by atomic mass is 10.1. The van der Waals surface area contributed by atoms with E-state index < -0.39 is 0 Å². The van der Waals surface area contributed by atoms with Crippen molar-refractivity contribution in [3.05, 3.63) is 72.6 Å². The van der Waals surface area contributed by atoms with Gasteiger partial charge in [0.15, 0.2) is 0 Å². The van der Waals surface area contributed by atoms with Crippen LogP contribution in [0, 0.1) is 5.82 Å². The van der Waals surface area contributed by atoms with Crippen LogP contribution in [0.3, 0.4) is 0 Å². The van der Waals surface area contributed by atoms with E-state index >= 15 is 0 Å². The maximum absolute atomic E-state index is 13.3. The highest BCUT2D eigenvalue weighted by Crippen LogP contribution is 2.28. The molecule has 0 aliphatic carbocycles.